The molecular weight excluding hydrogens is 206 g/mol. The summed E-state index contributed by atoms with van der Waals surface area (Å²) in [6, 6.07) is 1.84. The molecule has 0 fully saturated rings. The highest BCUT2D eigenvalue weighted by atomic mass is 16.5. The summed E-state index contributed by atoms with van der Waals surface area (Å²) in [6.45, 7) is 2.20. The van der Waals surface area contributed by atoms with Crippen LogP contribution in [0.15, 0.2) is 24.5 Å². The van der Waals surface area contributed by atoms with Gasteiger partial charge in [0.25, 0.3) is 0 Å². The minimum atomic E-state index is -0.227. The second-order valence-electron chi connectivity index (χ2n) is 3.07. The first-order valence-electron chi connectivity index (χ1n) is 5.07. The van der Waals surface area contributed by atoms with Gasteiger partial charge in [-0.2, -0.15) is 0 Å². The second kappa shape index (κ2) is 6.61. The monoisotopic (exact) mass is 221 g/mol. The van der Waals surface area contributed by atoms with Crippen LogP contribution in [0.4, 0.5) is 0 Å². The number of pyridine rings is 1. The van der Waals surface area contributed by atoms with E-state index in [1.165, 1.54) is 0 Å². The molecule has 86 valence electrons. The summed E-state index contributed by atoms with van der Waals surface area (Å²) in [7, 11) is 1.59. The van der Waals surface area contributed by atoms with Gasteiger partial charge < -0.3 is 9.47 Å². The fraction of sp³-hybridized carbons (Fsp3) is 0.333. The number of aromatic nitrogens is 1. The molecule has 0 aliphatic rings. The van der Waals surface area contributed by atoms with Crippen LogP contribution in [0.3, 0.4) is 0 Å². The molecule has 1 aromatic rings. The van der Waals surface area contributed by atoms with E-state index in [1.54, 1.807) is 32.5 Å². The average molecular weight is 221 g/mol. The molecule has 0 aliphatic carbocycles. The van der Waals surface area contributed by atoms with Crippen LogP contribution in [0.1, 0.15) is 18.9 Å². The second-order valence-corrected chi connectivity index (χ2v) is 3.07. The van der Waals surface area contributed by atoms with Crippen LogP contribution in [0.2, 0.25) is 0 Å². The molecule has 0 aliphatic heterocycles. The predicted octanol–water partition coefficient (Wildman–Crippen LogP) is 2.06. The van der Waals surface area contributed by atoms with Crippen molar-refractivity contribution in [1.29, 1.82) is 0 Å². The lowest BCUT2D eigenvalue weighted by molar-refractivity contribution is -0.142. The Morgan fingerprint density at radius 2 is 2.31 bits per heavy atom. The highest BCUT2D eigenvalue weighted by Gasteiger charge is 1.97. The zero-order chi connectivity index (χ0) is 11.8. The smallest absolute Gasteiger partial charge is 0.309 e. The number of nitrogens with zero attached hydrogens (tertiary/aromatic N) is 1. The Kier molecular flexibility index (Phi) is 5.05. The number of carbonyl (C=O) groups excluding carboxylic acids is 1. The summed E-state index contributed by atoms with van der Waals surface area (Å²) in [5, 5.41) is 0. The van der Waals surface area contributed by atoms with Crippen molar-refractivity contribution < 1.29 is 14.3 Å². The summed E-state index contributed by atoms with van der Waals surface area (Å²) in [4.78, 5) is 15.0. The van der Waals surface area contributed by atoms with Crippen molar-refractivity contribution in [3.05, 3.63) is 30.1 Å². The van der Waals surface area contributed by atoms with E-state index in [4.69, 9.17) is 9.47 Å². The predicted molar refractivity (Wildman–Crippen MR) is 61.1 cm³/mol. The summed E-state index contributed by atoms with van der Waals surface area (Å²) in [5.74, 6) is 0.466. The maximum Gasteiger partial charge on any atom is 0.309 e. The van der Waals surface area contributed by atoms with Crippen LogP contribution < -0.4 is 4.74 Å². The lowest BCUT2D eigenvalue weighted by Crippen LogP contribution is -2.01. The Hall–Kier alpha value is -1.84. The number of methoxy groups -OCH3 is 1. The van der Waals surface area contributed by atoms with Crippen molar-refractivity contribution in [2.75, 3.05) is 13.7 Å². The number of ether oxygens (including phenoxy) is 2. The van der Waals surface area contributed by atoms with Gasteiger partial charge in [-0.25, -0.2) is 0 Å². The van der Waals surface area contributed by atoms with Crippen molar-refractivity contribution in [2.24, 2.45) is 0 Å². The zero-order valence-corrected chi connectivity index (χ0v) is 9.47. The standard InChI is InChI=1S/C12H15NO3/c1-3-16-12(14)6-4-5-10-7-11(15-2)9-13-8-10/h4-5,7-9H,3,6H2,1-2H3. The van der Waals surface area contributed by atoms with Crippen LogP contribution in [0.5, 0.6) is 5.75 Å². The van der Waals surface area contributed by atoms with Gasteiger partial charge in [0.2, 0.25) is 0 Å². The number of hydrogen-bond acceptors (Lipinski definition) is 4. The van der Waals surface area contributed by atoms with E-state index in [0.717, 1.165) is 5.56 Å². The molecule has 0 N–H and O–H groups in total. The van der Waals surface area contributed by atoms with E-state index >= 15 is 0 Å². The van der Waals surface area contributed by atoms with E-state index in [0.29, 0.717) is 12.4 Å². The molecular formula is C12H15NO3. The molecule has 0 aromatic carbocycles. The molecule has 0 radical (unpaired) electrons. The van der Waals surface area contributed by atoms with Crippen LogP contribution in [0, 0.1) is 0 Å². The topological polar surface area (TPSA) is 48.4 Å². The van der Waals surface area contributed by atoms with E-state index in [9.17, 15) is 4.79 Å². The zero-order valence-electron chi connectivity index (χ0n) is 9.47. The van der Waals surface area contributed by atoms with Crippen molar-refractivity contribution in [3.63, 3.8) is 0 Å². The van der Waals surface area contributed by atoms with E-state index in [-0.39, 0.29) is 12.4 Å². The third kappa shape index (κ3) is 4.13. The molecule has 0 amide bonds. The van der Waals surface area contributed by atoms with Crippen LogP contribution in [0.25, 0.3) is 6.08 Å². The minimum absolute atomic E-state index is 0.227. The Bertz CT molecular complexity index is 374. The maximum absolute atomic E-state index is 11.0. The van der Waals surface area contributed by atoms with E-state index in [1.807, 2.05) is 12.1 Å². The van der Waals surface area contributed by atoms with Crippen molar-refractivity contribution in [3.8, 4) is 5.75 Å². The highest BCUT2D eigenvalue weighted by molar-refractivity contribution is 5.72. The number of carbonyl (C=O) groups is 1. The molecule has 0 saturated heterocycles. The third-order valence-corrected chi connectivity index (χ3v) is 1.87. The SMILES string of the molecule is CCOC(=O)CC=Cc1cncc(OC)c1. The average Bonchev–Trinajstić information content (AvgIpc) is 2.30. The van der Waals surface area contributed by atoms with Gasteiger partial charge in [0, 0.05) is 6.20 Å². The van der Waals surface area contributed by atoms with Crippen molar-refractivity contribution in [1.82, 2.24) is 4.98 Å². The highest BCUT2D eigenvalue weighted by Crippen LogP contribution is 2.11. The van der Waals surface area contributed by atoms with Gasteiger partial charge in [-0.05, 0) is 18.6 Å². The summed E-state index contributed by atoms with van der Waals surface area (Å²) < 4.78 is 9.83. The van der Waals surface area contributed by atoms with Gasteiger partial charge >= 0.3 is 5.97 Å². The minimum Gasteiger partial charge on any atom is -0.495 e. The maximum atomic E-state index is 11.0. The molecule has 0 bridgehead atoms. The van der Waals surface area contributed by atoms with Crippen molar-refractivity contribution >= 4 is 12.0 Å². The first-order valence-corrected chi connectivity index (χ1v) is 5.07. The van der Waals surface area contributed by atoms with Gasteiger partial charge in [0.1, 0.15) is 5.75 Å². The number of hydrogen-bond donors (Lipinski definition) is 0. The third-order valence-electron chi connectivity index (χ3n) is 1.87. The Morgan fingerprint density at radius 1 is 1.50 bits per heavy atom. The Balaban J connectivity index is 2.52. The number of esters is 1. The van der Waals surface area contributed by atoms with E-state index in [2.05, 4.69) is 4.98 Å². The summed E-state index contributed by atoms with van der Waals surface area (Å²) in [6.07, 6.45) is 7.15. The first-order chi connectivity index (χ1) is 7.76. The Morgan fingerprint density at radius 3 is 3.00 bits per heavy atom. The van der Waals surface area contributed by atoms with Crippen LogP contribution in [-0.2, 0) is 9.53 Å². The molecule has 0 spiro atoms. The molecule has 4 nitrogen and oxygen atoms in total. The lowest BCUT2D eigenvalue weighted by Gasteiger charge is -1.99. The fourth-order valence-electron chi connectivity index (χ4n) is 1.15. The van der Waals surface area contributed by atoms with Gasteiger partial charge in [-0.3, -0.25) is 9.78 Å². The summed E-state index contributed by atoms with van der Waals surface area (Å²) in [5.41, 5.74) is 0.892. The van der Waals surface area contributed by atoms with Gasteiger partial charge in [0.15, 0.2) is 0 Å². The van der Waals surface area contributed by atoms with Gasteiger partial charge in [-0.1, -0.05) is 12.2 Å². The molecule has 1 rings (SSSR count). The summed E-state index contributed by atoms with van der Waals surface area (Å²) >= 11 is 0. The fourth-order valence-corrected chi connectivity index (χ4v) is 1.15. The molecule has 0 unspecified atom stereocenters. The largest absolute Gasteiger partial charge is 0.495 e. The van der Waals surface area contributed by atoms with Gasteiger partial charge in [-0.15, -0.1) is 0 Å². The molecule has 4 heteroatoms. The lowest BCUT2D eigenvalue weighted by atomic mass is 10.2. The van der Waals surface area contributed by atoms with Gasteiger partial charge in [0.05, 0.1) is 26.3 Å². The normalized spacial score (nSPS) is 10.4. The first kappa shape index (κ1) is 12.2. The van der Waals surface area contributed by atoms with Crippen molar-refractivity contribution in [2.45, 2.75) is 13.3 Å². The molecule has 1 heterocycles. The van der Waals surface area contributed by atoms with E-state index < -0.39 is 0 Å². The molecule has 0 saturated carbocycles. The molecule has 0 atom stereocenters. The molecule has 16 heavy (non-hydrogen) atoms. The number of rotatable bonds is 5. The van der Waals surface area contributed by atoms with Crippen LogP contribution >= 0.6 is 0 Å². The Labute approximate surface area is 94.9 Å². The molecule has 1 aromatic heterocycles. The quantitative estimate of drug-likeness (QED) is 0.714. The van der Waals surface area contributed by atoms with Crippen LogP contribution in [-0.4, -0.2) is 24.7 Å².